The number of anilines is 1. The Morgan fingerprint density at radius 1 is 1.05 bits per heavy atom. The van der Waals surface area contributed by atoms with E-state index in [9.17, 15) is 25.9 Å². The first-order chi connectivity index (χ1) is 10.1. The summed E-state index contributed by atoms with van der Waals surface area (Å²) >= 11 is 1.17. The van der Waals surface area contributed by atoms with E-state index in [2.05, 4.69) is 5.32 Å². The Labute approximate surface area is 130 Å². The van der Waals surface area contributed by atoms with Crippen molar-refractivity contribution in [3.63, 3.8) is 0 Å². The first-order valence-corrected chi connectivity index (χ1v) is 9.58. The molecule has 22 heavy (non-hydrogen) atoms. The lowest BCUT2D eigenvalue weighted by molar-refractivity contribution is 0.482. The van der Waals surface area contributed by atoms with Crippen molar-refractivity contribution in [1.82, 2.24) is 0 Å². The van der Waals surface area contributed by atoms with Crippen LogP contribution in [0.1, 0.15) is 0 Å². The van der Waals surface area contributed by atoms with Gasteiger partial charge in [-0.05, 0) is 18.2 Å². The molecule has 1 aliphatic rings. The maximum absolute atomic E-state index is 11.5. The number of hydrogen-bond donors (Lipinski definition) is 4. The summed E-state index contributed by atoms with van der Waals surface area (Å²) in [6.45, 7) is 0. The largest absolute Gasteiger partial charge is 0.360 e. The van der Waals surface area contributed by atoms with Gasteiger partial charge in [0.1, 0.15) is 10.4 Å². The molecule has 2 aromatic rings. The molecule has 11 heteroatoms. The van der Waals surface area contributed by atoms with Gasteiger partial charge in [-0.15, -0.1) is 0 Å². The van der Waals surface area contributed by atoms with Crippen LogP contribution in [0.5, 0.6) is 0 Å². The second kappa shape index (κ2) is 4.81. The van der Waals surface area contributed by atoms with Crippen LogP contribution in [0.15, 0.2) is 39.0 Å². The molecule has 118 valence electrons. The van der Waals surface area contributed by atoms with Crippen molar-refractivity contribution in [2.45, 2.75) is 20.2 Å². The average Bonchev–Trinajstić information content (AvgIpc) is 2.75. The molecule has 3 rings (SSSR count). The van der Waals surface area contributed by atoms with E-state index in [4.69, 9.17) is 5.73 Å². The molecule has 0 aromatic heterocycles. The highest BCUT2D eigenvalue weighted by molar-refractivity contribution is 8.00. The SMILES string of the molecule is NC1Nc2ccc3c(S(=O)(=O)O)cc(S(=O)(=O)O)cc3c2S1. The van der Waals surface area contributed by atoms with Crippen LogP contribution >= 0.6 is 11.8 Å². The number of nitrogens with two attached hydrogens (primary N) is 1. The van der Waals surface area contributed by atoms with Gasteiger partial charge in [-0.2, -0.15) is 16.8 Å². The van der Waals surface area contributed by atoms with E-state index in [0.29, 0.717) is 16.6 Å². The monoisotopic (exact) mass is 362 g/mol. The molecule has 0 fully saturated rings. The summed E-state index contributed by atoms with van der Waals surface area (Å²) in [4.78, 5) is -0.677. The van der Waals surface area contributed by atoms with Crippen LogP contribution in [0, 0.1) is 0 Å². The second-order valence-corrected chi connectivity index (χ2v) is 8.56. The zero-order chi connectivity index (χ0) is 16.3. The Bertz CT molecular complexity index is 1000. The van der Waals surface area contributed by atoms with E-state index in [1.54, 1.807) is 6.07 Å². The lowest BCUT2D eigenvalue weighted by Crippen LogP contribution is -2.20. The minimum atomic E-state index is -4.68. The molecule has 0 saturated carbocycles. The average molecular weight is 362 g/mol. The van der Waals surface area contributed by atoms with Gasteiger partial charge in [-0.3, -0.25) is 9.11 Å². The van der Waals surface area contributed by atoms with Crippen molar-refractivity contribution in [3.8, 4) is 0 Å². The smallest absolute Gasteiger partial charge is 0.295 e. The molecule has 5 N–H and O–H groups in total. The molecule has 0 amide bonds. The summed E-state index contributed by atoms with van der Waals surface area (Å²) in [6, 6.07) is 4.87. The van der Waals surface area contributed by atoms with Gasteiger partial charge in [0.25, 0.3) is 20.2 Å². The van der Waals surface area contributed by atoms with Gasteiger partial charge in [-0.1, -0.05) is 17.8 Å². The minimum absolute atomic E-state index is 0.136. The molecule has 1 atom stereocenters. The van der Waals surface area contributed by atoms with E-state index >= 15 is 0 Å². The fourth-order valence-electron chi connectivity index (χ4n) is 2.26. The minimum Gasteiger partial charge on any atom is -0.360 e. The Morgan fingerprint density at radius 2 is 1.73 bits per heavy atom. The predicted octanol–water partition coefficient (Wildman–Crippen LogP) is 1.09. The third-order valence-corrected chi connectivity index (χ3v) is 5.91. The Hall–Kier alpha value is -1.37. The molecule has 2 aromatic carbocycles. The highest BCUT2D eigenvalue weighted by atomic mass is 32.2. The van der Waals surface area contributed by atoms with E-state index in [0.717, 1.165) is 6.07 Å². The Balaban J connectivity index is 2.48. The second-order valence-electron chi connectivity index (χ2n) is 4.59. The molecule has 0 spiro atoms. The van der Waals surface area contributed by atoms with Gasteiger partial charge < -0.3 is 11.1 Å². The quantitative estimate of drug-likeness (QED) is 0.576. The third-order valence-electron chi connectivity index (χ3n) is 3.14. The van der Waals surface area contributed by atoms with Crippen LogP contribution in [-0.4, -0.2) is 31.4 Å². The molecule has 1 aliphatic heterocycles. The molecule has 0 aliphatic carbocycles. The van der Waals surface area contributed by atoms with E-state index in [1.165, 1.54) is 17.8 Å². The normalized spacial score (nSPS) is 18.2. The van der Waals surface area contributed by atoms with Crippen LogP contribution in [-0.2, 0) is 20.2 Å². The van der Waals surface area contributed by atoms with Crippen molar-refractivity contribution < 1.29 is 25.9 Å². The van der Waals surface area contributed by atoms with Crippen molar-refractivity contribution in [2.75, 3.05) is 5.32 Å². The number of benzene rings is 2. The number of thioether (sulfide) groups is 1. The number of fused-ring (bicyclic) bond motifs is 3. The van der Waals surface area contributed by atoms with Crippen LogP contribution in [0.3, 0.4) is 0 Å². The van der Waals surface area contributed by atoms with Gasteiger partial charge in [-0.25, -0.2) is 0 Å². The fourth-order valence-corrected chi connectivity index (χ4v) is 4.59. The van der Waals surface area contributed by atoms with Crippen molar-refractivity contribution in [3.05, 3.63) is 24.3 Å². The van der Waals surface area contributed by atoms with Gasteiger partial charge >= 0.3 is 0 Å². The van der Waals surface area contributed by atoms with Crippen LogP contribution in [0.25, 0.3) is 10.8 Å². The summed E-state index contributed by atoms with van der Waals surface area (Å²) in [5.41, 5.74) is 5.88. The number of hydrogen-bond acceptors (Lipinski definition) is 7. The van der Waals surface area contributed by atoms with Crippen molar-refractivity contribution >= 4 is 48.5 Å². The first-order valence-electron chi connectivity index (χ1n) is 5.82. The maximum Gasteiger partial charge on any atom is 0.295 e. The lowest BCUT2D eigenvalue weighted by Gasteiger charge is -2.09. The molecule has 0 radical (unpaired) electrons. The van der Waals surface area contributed by atoms with Gasteiger partial charge in [0.05, 0.1) is 10.6 Å². The molecular formula is C11H10N2O6S3. The highest BCUT2D eigenvalue weighted by Crippen LogP contribution is 2.43. The molecule has 0 saturated heterocycles. The number of rotatable bonds is 2. The van der Waals surface area contributed by atoms with Gasteiger partial charge in [0, 0.05) is 15.7 Å². The third kappa shape index (κ3) is 2.55. The predicted molar refractivity (Wildman–Crippen MR) is 81.0 cm³/mol. The van der Waals surface area contributed by atoms with Crippen LogP contribution < -0.4 is 11.1 Å². The van der Waals surface area contributed by atoms with Gasteiger partial charge in [0.15, 0.2) is 0 Å². The van der Waals surface area contributed by atoms with Crippen molar-refractivity contribution in [2.24, 2.45) is 5.73 Å². The standard InChI is InChI=1S/C11H10N2O6S3/c12-11-13-8-2-1-6-7(10(8)20-11)3-5(21(14,15)16)4-9(6)22(17,18)19/h1-4,11,13H,12H2,(H,14,15,16)(H,17,18,19). The number of nitrogens with one attached hydrogen (secondary N) is 1. The Kier molecular flexibility index (Phi) is 3.39. The van der Waals surface area contributed by atoms with E-state index in [-0.39, 0.29) is 10.8 Å². The zero-order valence-electron chi connectivity index (χ0n) is 10.7. The van der Waals surface area contributed by atoms with E-state index < -0.39 is 35.5 Å². The molecule has 1 heterocycles. The molecule has 0 bridgehead atoms. The fraction of sp³-hybridized carbons (Fsp3) is 0.0909. The maximum atomic E-state index is 11.5. The summed E-state index contributed by atoms with van der Waals surface area (Å²) < 4.78 is 64.3. The lowest BCUT2D eigenvalue weighted by atomic mass is 10.1. The molecular weight excluding hydrogens is 352 g/mol. The summed E-state index contributed by atoms with van der Waals surface area (Å²) in [7, 11) is -9.32. The van der Waals surface area contributed by atoms with E-state index in [1.807, 2.05) is 0 Å². The highest BCUT2D eigenvalue weighted by Gasteiger charge is 2.26. The van der Waals surface area contributed by atoms with Crippen LogP contribution in [0.4, 0.5) is 5.69 Å². The summed E-state index contributed by atoms with van der Waals surface area (Å²) in [5, 5.41) is 3.31. The molecule has 1 unspecified atom stereocenters. The van der Waals surface area contributed by atoms with Crippen molar-refractivity contribution in [1.29, 1.82) is 0 Å². The zero-order valence-corrected chi connectivity index (χ0v) is 13.2. The Morgan fingerprint density at radius 3 is 2.32 bits per heavy atom. The van der Waals surface area contributed by atoms with Gasteiger partial charge in [0.2, 0.25) is 0 Å². The van der Waals surface area contributed by atoms with Crippen LogP contribution in [0.2, 0.25) is 0 Å². The topological polar surface area (TPSA) is 147 Å². The summed E-state index contributed by atoms with van der Waals surface area (Å²) in [5.74, 6) is 0. The molecule has 8 nitrogen and oxygen atoms in total. The first kappa shape index (κ1) is 15.5. The summed E-state index contributed by atoms with van der Waals surface area (Å²) in [6.07, 6.45) is 0.